The fraction of sp³-hybridized carbons (Fsp3) is 0.0500. The second-order valence-corrected chi connectivity index (χ2v) is 8.11. The van der Waals surface area contributed by atoms with Gasteiger partial charge in [-0.15, -0.1) is 11.3 Å². The zero-order chi connectivity index (χ0) is 20.1. The topological polar surface area (TPSA) is 65.8 Å². The van der Waals surface area contributed by atoms with Gasteiger partial charge in [-0.05, 0) is 47.5 Å². The Morgan fingerprint density at radius 1 is 1.14 bits per heavy atom. The molecule has 1 aromatic heterocycles. The molecular formula is C20H12Cl3N3OS. The summed E-state index contributed by atoms with van der Waals surface area (Å²) in [6.07, 6.45) is 3.69. The average Bonchev–Trinajstić information content (AvgIpc) is 3.11. The monoisotopic (exact) mass is 447 g/mol. The molecule has 8 heteroatoms. The molecule has 0 saturated heterocycles. The number of nitrogens with zero attached hydrogens (tertiary/aromatic N) is 2. The van der Waals surface area contributed by atoms with Crippen LogP contribution in [-0.2, 0) is 11.2 Å². The standard InChI is InChI=1S/C20H12Cl3N3OS/c21-15-3-1-12(2-4-15)7-14(10-24)19(27)26-20-25-11-17(28-20)9-13-8-16(22)5-6-18(13)23/h1-8,11H,9H2,(H,25,26,27)/b14-7-. The molecule has 3 aromatic rings. The van der Waals surface area contributed by atoms with Crippen molar-refractivity contribution in [2.24, 2.45) is 0 Å². The van der Waals surface area contributed by atoms with E-state index in [1.165, 1.54) is 17.4 Å². The van der Waals surface area contributed by atoms with E-state index in [1.807, 2.05) is 6.07 Å². The summed E-state index contributed by atoms with van der Waals surface area (Å²) in [5.74, 6) is -0.529. The molecule has 1 amide bonds. The van der Waals surface area contributed by atoms with E-state index in [2.05, 4.69) is 10.3 Å². The summed E-state index contributed by atoms with van der Waals surface area (Å²) >= 11 is 19.4. The van der Waals surface area contributed by atoms with Gasteiger partial charge in [-0.1, -0.05) is 46.9 Å². The zero-order valence-corrected chi connectivity index (χ0v) is 17.3. The number of carbonyl (C=O) groups is 1. The van der Waals surface area contributed by atoms with Gasteiger partial charge in [0.25, 0.3) is 5.91 Å². The van der Waals surface area contributed by atoms with Gasteiger partial charge >= 0.3 is 0 Å². The van der Waals surface area contributed by atoms with Crippen molar-refractivity contribution in [3.8, 4) is 6.07 Å². The smallest absolute Gasteiger partial charge is 0.268 e. The zero-order valence-electron chi connectivity index (χ0n) is 14.2. The third-order valence-corrected chi connectivity index (χ3v) is 5.46. The first-order chi connectivity index (χ1) is 13.4. The number of amides is 1. The summed E-state index contributed by atoms with van der Waals surface area (Å²) in [7, 11) is 0. The molecule has 0 saturated carbocycles. The number of aromatic nitrogens is 1. The van der Waals surface area contributed by atoms with Crippen molar-refractivity contribution in [3.63, 3.8) is 0 Å². The summed E-state index contributed by atoms with van der Waals surface area (Å²) in [4.78, 5) is 17.5. The summed E-state index contributed by atoms with van der Waals surface area (Å²) in [5, 5.41) is 14.1. The van der Waals surface area contributed by atoms with Gasteiger partial charge in [0.2, 0.25) is 0 Å². The first-order valence-electron chi connectivity index (χ1n) is 8.02. The lowest BCUT2D eigenvalue weighted by Gasteiger charge is -2.03. The van der Waals surface area contributed by atoms with Gasteiger partial charge in [0.05, 0.1) is 0 Å². The van der Waals surface area contributed by atoms with Crippen LogP contribution in [0.4, 0.5) is 5.13 Å². The minimum Gasteiger partial charge on any atom is -0.297 e. The lowest BCUT2D eigenvalue weighted by molar-refractivity contribution is -0.112. The molecule has 0 atom stereocenters. The molecule has 0 radical (unpaired) electrons. The Morgan fingerprint density at radius 3 is 2.57 bits per heavy atom. The molecule has 0 aliphatic rings. The molecule has 1 N–H and O–H groups in total. The summed E-state index contributed by atoms with van der Waals surface area (Å²) in [6.45, 7) is 0. The molecule has 4 nitrogen and oxygen atoms in total. The number of hydrogen-bond acceptors (Lipinski definition) is 4. The predicted molar refractivity (Wildman–Crippen MR) is 115 cm³/mol. The van der Waals surface area contributed by atoms with E-state index in [0.717, 1.165) is 10.4 Å². The quantitative estimate of drug-likeness (QED) is 0.371. The van der Waals surface area contributed by atoms with Gasteiger partial charge in [0.1, 0.15) is 11.6 Å². The molecule has 2 aromatic carbocycles. The number of anilines is 1. The molecule has 0 aliphatic carbocycles. The van der Waals surface area contributed by atoms with Crippen molar-refractivity contribution in [1.82, 2.24) is 4.98 Å². The highest BCUT2D eigenvalue weighted by Gasteiger charge is 2.13. The average molecular weight is 449 g/mol. The van der Waals surface area contributed by atoms with Crippen LogP contribution in [-0.4, -0.2) is 10.9 Å². The van der Waals surface area contributed by atoms with Crippen molar-refractivity contribution < 1.29 is 4.79 Å². The van der Waals surface area contributed by atoms with Gasteiger partial charge < -0.3 is 0 Å². The molecule has 0 fully saturated rings. The van der Waals surface area contributed by atoms with Crippen LogP contribution in [0.3, 0.4) is 0 Å². The minimum absolute atomic E-state index is 0.0306. The second kappa shape index (κ2) is 9.22. The van der Waals surface area contributed by atoms with Crippen LogP contribution in [0.1, 0.15) is 16.0 Å². The molecule has 0 bridgehead atoms. The highest BCUT2D eigenvalue weighted by Crippen LogP contribution is 2.27. The number of rotatable bonds is 5. The van der Waals surface area contributed by atoms with Crippen LogP contribution >= 0.6 is 46.1 Å². The van der Waals surface area contributed by atoms with E-state index < -0.39 is 5.91 Å². The highest BCUT2D eigenvalue weighted by atomic mass is 35.5. The lowest BCUT2D eigenvalue weighted by atomic mass is 10.1. The maximum Gasteiger partial charge on any atom is 0.268 e. The molecule has 1 heterocycles. The van der Waals surface area contributed by atoms with E-state index in [1.54, 1.807) is 48.7 Å². The van der Waals surface area contributed by atoms with Crippen LogP contribution in [0.5, 0.6) is 0 Å². The number of nitriles is 1. The SMILES string of the molecule is N#C/C(=C/c1ccc(Cl)cc1)C(=O)Nc1ncc(Cc2cc(Cl)ccc2Cl)s1. The lowest BCUT2D eigenvalue weighted by Crippen LogP contribution is -2.13. The summed E-state index contributed by atoms with van der Waals surface area (Å²) in [6, 6.07) is 14.0. The Hall–Kier alpha value is -2.36. The highest BCUT2D eigenvalue weighted by molar-refractivity contribution is 7.15. The Bertz CT molecular complexity index is 1080. The molecular weight excluding hydrogens is 437 g/mol. The maximum absolute atomic E-state index is 12.4. The van der Waals surface area contributed by atoms with Gasteiger partial charge in [-0.25, -0.2) is 4.98 Å². The Balaban J connectivity index is 1.71. The predicted octanol–water partition coefficient (Wildman–Crippen LogP) is 6.24. The third-order valence-electron chi connectivity index (χ3n) is 3.69. The van der Waals surface area contributed by atoms with Crippen molar-refractivity contribution in [1.29, 1.82) is 5.26 Å². The number of nitrogens with one attached hydrogen (secondary N) is 1. The van der Waals surface area contributed by atoms with Crippen molar-refractivity contribution in [3.05, 3.63) is 85.3 Å². The number of halogens is 3. The fourth-order valence-corrected chi connectivity index (χ4v) is 3.69. The maximum atomic E-state index is 12.4. The largest absolute Gasteiger partial charge is 0.297 e. The normalized spacial score (nSPS) is 11.1. The second-order valence-electron chi connectivity index (χ2n) is 5.72. The van der Waals surface area contributed by atoms with Crippen LogP contribution in [0.2, 0.25) is 15.1 Å². The van der Waals surface area contributed by atoms with E-state index in [-0.39, 0.29) is 5.57 Å². The van der Waals surface area contributed by atoms with Crippen molar-refractivity contribution in [2.45, 2.75) is 6.42 Å². The fourth-order valence-electron chi connectivity index (χ4n) is 2.35. The molecule has 0 spiro atoms. The Kier molecular flexibility index (Phi) is 6.71. The third kappa shape index (κ3) is 5.34. The van der Waals surface area contributed by atoms with Crippen molar-refractivity contribution in [2.75, 3.05) is 5.32 Å². The van der Waals surface area contributed by atoms with Gasteiger partial charge in [-0.3, -0.25) is 10.1 Å². The van der Waals surface area contributed by atoms with Gasteiger partial charge in [0.15, 0.2) is 5.13 Å². The molecule has 140 valence electrons. The molecule has 0 aliphatic heterocycles. The Morgan fingerprint density at radius 2 is 1.86 bits per heavy atom. The van der Waals surface area contributed by atoms with Crippen LogP contribution in [0.15, 0.2) is 54.2 Å². The van der Waals surface area contributed by atoms with Gasteiger partial charge in [-0.2, -0.15) is 5.26 Å². The van der Waals surface area contributed by atoms with E-state index in [9.17, 15) is 10.1 Å². The first kappa shape index (κ1) is 20.4. The van der Waals surface area contributed by atoms with Gasteiger partial charge in [0, 0.05) is 32.6 Å². The van der Waals surface area contributed by atoms with Crippen LogP contribution in [0.25, 0.3) is 6.08 Å². The molecule has 0 unspecified atom stereocenters. The van der Waals surface area contributed by atoms with E-state index in [4.69, 9.17) is 34.8 Å². The summed E-state index contributed by atoms with van der Waals surface area (Å²) < 4.78 is 0. The number of thiazole rings is 1. The van der Waals surface area contributed by atoms with Crippen LogP contribution < -0.4 is 5.32 Å². The molecule has 3 rings (SSSR count). The number of benzene rings is 2. The number of hydrogen-bond donors (Lipinski definition) is 1. The number of carbonyl (C=O) groups excluding carboxylic acids is 1. The molecule has 28 heavy (non-hydrogen) atoms. The van der Waals surface area contributed by atoms with Crippen molar-refractivity contribution >= 4 is 63.3 Å². The first-order valence-corrected chi connectivity index (χ1v) is 9.97. The Labute approximate surface area is 181 Å². The van der Waals surface area contributed by atoms with Crippen LogP contribution in [0, 0.1) is 11.3 Å². The van der Waals surface area contributed by atoms with E-state index in [0.29, 0.717) is 32.2 Å². The summed E-state index contributed by atoms with van der Waals surface area (Å²) in [5.41, 5.74) is 1.54. The van der Waals surface area contributed by atoms with E-state index >= 15 is 0 Å². The minimum atomic E-state index is -0.529.